The van der Waals surface area contributed by atoms with Crippen molar-refractivity contribution in [2.24, 2.45) is 10.7 Å². The van der Waals surface area contributed by atoms with Crippen molar-refractivity contribution in [3.05, 3.63) is 107 Å². The van der Waals surface area contributed by atoms with Gasteiger partial charge < -0.3 is 20.7 Å². The molecule has 1 saturated heterocycles. The zero-order valence-electron chi connectivity index (χ0n) is 21.3. The van der Waals surface area contributed by atoms with Gasteiger partial charge in [0, 0.05) is 24.2 Å². The summed E-state index contributed by atoms with van der Waals surface area (Å²) >= 11 is 0. The number of ether oxygens (including phenoxy) is 1. The maximum atomic E-state index is 13.9. The standard InChI is InChI=1S/C29H27F3N4O4/c30-29(31,32)28(39)35-25(33)21-11-13-22(14-12-21)26(37)34-17-23-18-40-16-15-36(23)27(38)24(19-7-3-1-4-8-19)20-9-5-2-6-10-20/h1-14,23-24H,15-18H2,(H,34,37)(H2,33,35,39). The van der Waals surface area contributed by atoms with Crippen LogP contribution >= 0.6 is 0 Å². The molecular formula is C29H27F3N4O4. The third-order valence-electron chi connectivity index (χ3n) is 6.43. The topological polar surface area (TPSA) is 114 Å². The number of morpholine rings is 1. The van der Waals surface area contributed by atoms with E-state index in [-0.39, 0.29) is 30.2 Å². The normalized spacial score (nSPS) is 16.1. The largest absolute Gasteiger partial charge is 0.473 e. The average molecular weight is 553 g/mol. The van der Waals surface area contributed by atoms with Crippen molar-refractivity contribution in [3.63, 3.8) is 0 Å². The summed E-state index contributed by atoms with van der Waals surface area (Å²) in [5.41, 5.74) is 7.48. The number of hydrogen-bond donors (Lipinski definition) is 2. The fourth-order valence-electron chi connectivity index (χ4n) is 4.39. The molecule has 11 heteroatoms. The Morgan fingerprint density at radius 1 is 0.925 bits per heavy atom. The Balaban J connectivity index is 1.45. The van der Waals surface area contributed by atoms with E-state index in [9.17, 15) is 27.6 Å². The second kappa shape index (κ2) is 12.6. The van der Waals surface area contributed by atoms with E-state index in [0.29, 0.717) is 13.2 Å². The van der Waals surface area contributed by atoms with E-state index >= 15 is 0 Å². The fourth-order valence-corrected chi connectivity index (χ4v) is 4.39. The highest BCUT2D eigenvalue weighted by molar-refractivity contribution is 6.05. The summed E-state index contributed by atoms with van der Waals surface area (Å²) in [6, 6.07) is 23.8. The van der Waals surface area contributed by atoms with E-state index in [1.165, 1.54) is 24.3 Å². The summed E-state index contributed by atoms with van der Waals surface area (Å²) in [5, 5.41) is 2.80. The number of nitrogens with one attached hydrogen (secondary N) is 1. The van der Waals surface area contributed by atoms with Gasteiger partial charge in [-0.05, 0) is 23.3 Å². The number of nitrogens with zero attached hydrogens (tertiary/aromatic N) is 2. The van der Waals surface area contributed by atoms with Gasteiger partial charge in [0.05, 0.1) is 25.2 Å². The van der Waals surface area contributed by atoms with Gasteiger partial charge >= 0.3 is 12.1 Å². The number of halogens is 3. The molecule has 0 bridgehead atoms. The van der Waals surface area contributed by atoms with Gasteiger partial charge in [0.15, 0.2) is 0 Å². The zero-order valence-corrected chi connectivity index (χ0v) is 21.3. The average Bonchev–Trinajstić information content (AvgIpc) is 2.97. The van der Waals surface area contributed by atoms with Crippen molar-refractivity contribution in [1.29, 1.82) is 0 Å². The van der Waals surface area contributed by atoms with Gasteiger partial charge in [0.1, 0.15) is 5.84 Å². The van der Waals surface area contributed by atoms with Crippen LogP contribution in [-0.4, -0.2) is 67.0 Å². The highest BCUT2D eigenvalue weighted by Gasteiger charge is 2.39. The van der Waals surface area contributed by atoms with Crippen LogP contribution in [0.25, 0.3) is 0 Å². The molecule has 1 unspecified atom stereocenters. The second-order valence-electron chi connectivity index (χ2n) is 9.10. The maximum Gasteiger partial charge on any atom is 0.473 e. The number of alkyl halides is 3. The molecule has 3 amide bonds. The SMILES string of the molecule is NC(=NC(=O)C(F)(F)F)c1ccc(C(=O)NCC2COCCN2C(=O)C(c2ccccc2)c2ccccc2)cc1. The van der Waals surface area contributed by atoms with Gasteiger partial charge in [-0.3, -0.25) is 14.4 Å². The number of amides is 3. The Bertz CT molecular complexity index is 1320. The van der Waals surface area contributed by atoms with Gasteiger partial charge in [-0.15, -0.1) is 0 Å². The molecule has 3 aromatic rings. The minimum atomic E-state index is -5.13. The van der Waals surface area contributed by atoms with Gasteiger partial charge in [0.2, 0.25) is 5.91 Å². The van der Waals surface area contributed by atoms with Crippen LogP contribution in [0.1, 0.15) is 33.0 Å². The quantitative estimate of drug-likeness (QED) is 0.345. The molecular weight excluding hydrogens is 525 g/mol. The van der Waals surface area contributed by atoms with Crippen LogP contribution in [0.15, 0.2) is 89.9 Å². The molecule has 8 nitrogen and oxygen atoms in total. The summed E-state index contributed by atoms with van der Waals surface area (Å²) < 4.78 is 42.9. The van der Waals surface area contributed by atoms with Gasteiger partial charge in [-0.25, -0.2) is 0 Å². The lowest BCUT2D eigenvalue weighted by atomic mass is 9.89. The minimum absolute atomic E-state index is 0.0551. The summed E-state index contributed by atoms with van der Waals surface area (Å²) in [6.07, 6.45) is -5.13. The first-order valence-corrected chi connectivity index (χ1v) is 12.5. The van der Waals surface area contributed by atoms with Crippen molar-refractivity contribution < 1.29 is 32.3 Å². The number of aliphatic imine (C=N–C) groups is 1. The van der Waals surface area contributed by atoms with E-state index in [1.807, 2.05) is 60.7 Å². The minimum Gasteiger partial charge on any atom is -0.383 e. The van der Waals surface area contributed by atoms with Crippen LogP contribution < -0.4 is 11.1 Å². The van der Waals surface area contributed by atoms with E-state index in [0.717, 1.165) is 11.1 Å². The van der Waals surface area contributed by atoms with Crippen molar-refractivity contribution >= 4 is 23.6 Å². The summed E-state index contributed by atoms with van der Waals surface area (Å²) in [7, 11) is 0. The molecule has 4 rings (SSSR count). The number of carbonyl (C=O) groups is 3. The Hall–Kier alpha value is -4.51. The Labute approximate surface area is 228 Å². The van der Waals surface area contributed by atoms with Crippen LogP contribution in [0.3, 0.4) is 0 Å². The predicted octanol–water partition coefficient (Wildman–Crippen LogP) is 3.27. The van der Waals surface area contributed by atoms with Crippen molar-refractivity contribution in [2.75, 3.05) is 26.3 Å². The predicted molar refractivity (Wildman–Crippen MR) is 142 cm³/mol. The summed E-state index contributed by atoms with van der Waals surface area (Å²) in [6.45, 7) is 1.08. The van der Waals surface area contributed by atoms with Crippen LogP contribution in [0.4, 0.5) is 13.2 Å². The molecule has 3 N–H and O–H groups in total. The molecule has 0 saturated carbocycles. The highest BCUT2D eigenvalue weighted by Crippen LogP contribution is 2.28. The zero-order chi connectivity index (χ0) is 28.7. The van der Waals surface area contributed by atoms with E-state index in [4.69, 9.17) is 10.5 Å². The molecule has 1 aliphatic rings. The Kier molecular flexibility index (Phi) is 8.95. The van der Waals surface area contributed by atoms with Gasteiger partial charge in [-0.2, -0.15) is 18.2 Å². The van der Waals surface area contributed by atoms with Crippen LogP contribution in [0.2, 0.25) is 0 Å². The summed E-state index contributed by atoms with van der Waals surface area (Å²) in [4.78, 5) is 42.3. The summed E-state index contributed by atoms with van der Waals surface area (Å²) in [5.74, 6) is -4.03. The molecule has 0 aliphatic carbocycles. The first kappa shape index (κ1) is 28.5. The number of benzene rings is 3. The molecule has 0 spiro atoms. The smallest absolute Gasteiger partial charge is 0.383 e. The van der Waals surface area contributed by atoms with E-state index in [2.05, 4.69) is 10.3 Å². The second-order valence-corrected chi connectivity index (χ2v) is 9.10. The molecule has 1 heterocycles. The van der Waals surface area contributed by atoms with Crippen molar-refractivity contribution in [3.8, 4) is 0 Å². The van der Waals surface area contributed by atoms with Crippen molar-refractivity contribution in [2.45, 2.75) is 18.1 Å². The first-order chi connectivity index (χ1) is 19.1. The lowest BCUT2D eigenvalue weighted by Gasteiger charge is -2.38. The lowest BCUT2D eigenvalue weighted by molar-refractivity contribution is -0.169. The molecule has 1 fully saturated rings. The molecule has 40 heavy (non-hydrogen) atoms. The Morgan fingerprint density at radius 3 is 2.02 bits per heavy atom. The van der Waals surface area contributed by atoms with Crippen LogP contribution in [0, 0.1) is 0 Å². The maximum absolute atomic E-state index is 13.9. The molecule has 1 aliphatic heterocycles. The highest BCUT2D eigenvalue weighted by atomic mass is 19.4. The first-order valence-electron chi connectivity index (χ1n) is 12.5. The molecule has 3 aromatic carbocycles. The number of hydrogen-bond acceptors (Lipinski definition) is 4. The monoisotopic (exact) mass is 552 g/mol. The third-order valence-corrected chi connectivity index (χ3v) is 6.43. The molecule has 208 valence electrons. The number of nitrogens with two attached hydrogens (primary N) is 1. The molecule has 0 radical (unpaired) electrons. The molecule has 0 aromatic heterocycles. The van der Waals surface area contributed by atoms with Gasteiger partial charge in [0.25, 0.3) is 5.91 Å². The van der Waals surface area contributed by atoms with Crippen LogP contribution in [0.5, 0.6) is 0 Å². The Morgan fingerprint density at radius 2 is 1.48 bits per heavy atom. The van der Waals surface area contributed by atoms with Gasteiger partial charge in [-0.1, -0.05) is 72.8 Å². The molecule has 1 atom stereocenters. The number of amidine groups is 1. The van der Waals surface area contributed by atoms with E-state index < -0.39 is 35.8 Å². The fraction of sp³-hybridized carbons (Fsp3) is 0.241. The number of rotatable bonds is 7. The number of carbonyl (C=O) groups excluding carboxylic acids is 3. The third kappa shape index (κ3) is 6.92. The van der Waals surface area contributed by atoms with Crippen molar-refractivity contribution in [1.82, 2.24) is 10.2 Å². The lowest BCUT2D eigenvalue weighted by Crippen LogP contribution is -2.54. The van der Waals surface area contributed by atoms with E-state index in [1.54, 1.807) is 4.90 Å². The van der Waals surface area contributed by atoms with Crippen LogP contribution in [-0.2, 0) is 14.3 Å².